The lowest BCUT2D eigenvalue weighted by Gasteiger charge is -2.20. The molecule has 1 aromatic carbocycles. The van der Waals surface area contributed by atoms with E-state index in [1.54, 1.807) is 0 Å². The molecule has 0 bridgehead atoms. The first-order valence-corrected chi connectivity index (χ1v) is 6.47. The molecule has 0 saturated carbocycles. The smallest absolute Gasteiger partial charge is 0.120 e. The van der Waals surface area contributed by atoms with E-state index in [1.165, 1.54) is 11.1 Å². The van der Waals surface area contributed by atoms with Gasteiger partial charge in [-0.2, -0.15) is 0 Å². The second-order valence-corrected chi connectivity index (χ2v) is 5.85. The van der Waals surface area contributed by atoms with Crippen molar-refractivity contribution in [2.24, 2.45) is 5.73 Å². The number of rotatable bonds is 2. The molecule has 3 heteroatoms. The van der Waals surface area contributed by atoms with Gasteiger partial charge in [0.2, 0.25) is 0 Å². The van der Waals surface area contributed by atoms with Crippen LogP contribution in [0.25, 0.3) is 0 Å². The average Bonchev–Trinajstić information content (AvgIpc) is 2.37. The third-order valence-corrected chi connectivity index (χ3v) is 3.84. The van der Waals surface area contributed by atoms with E-state index in [0.29, 0.717) is 6.61 Å². The van der Waals surface area contributed by atoms with Gasteiger partial charge in [-0.1, -0.05) is 29.8 Å². The van der Waals surface area contributed by atoms with Crippen LogP contribution in [0.5, 0.6) is 5.75 Å². The molecule has 2 N–H and O–H groups in total. The van der Waals surface area contributed by atoms with E-state index in [9.17, 15) is 0 Å². The van der Waals surface area contributed by atoms with Crippen molar-refractivity contribution in [2.75, 3.05) is 6.61 Å². The first-order valence-electron chi connectivity index (χ1n) is 5.68. The van der Waals surface area contributed by atoms with Crippen LogP contribution in [-0.2, 0) is 5.41 Å². The number of benzene rings is 1. The highest BCUT2D eigenvalue weighted by molar-refractivity contribution is 9.10. The molecule has 1 aliphatic rings. The van der Waals surface area contributed by atoms with E-state index in [1.807, 2.05) is 13.0 Å². The zero-order valence-electron chi connectivity index (χ0n) is 10.0. The minimum atomic E-state index is 0.127. The fourth-order valence-corrected chi connectivity index (χ4v) is 3.61. The number of ether oxygens (including phenoxy) is 1. The van der Waals surface area contributed by atoms with E-state index in [4.69, 9.17) is 10.5 Å². The summed E-state index contributed by atoms with van der Waals surface area (Å²) in [6.45, 7) is 7.16. The van der Waals surface area contributed by atoms with E-state index in [2.05, 4.69) is 35.8 Å². The van der Waals surface area contributed by atoms with Crippen LogP contribution in [0.2, 0.25) is 0 Å². The van der Waals surface area contributed by atoms with E-state index in [-0.39, 0.29) is 11.5 Å². The molecular formula is C13H18BrNO. The Kier molecular flexibility index (Phi) is 3.01. The molecule has 0 heterocycles. The fourth-order valence-electron chi connectivity index (χ4n) is 2.62. The van der Waals surface area contributed by atoms with Crippen molar-refractivity contribution in [3.8, 4) is 5.75 Å². The minimum Gasteiger partial charge on any atom is -0.494 e. The molecule has 1 atom stereocenters. The highest BCUT2D eigenvalue weighted by Crippen LogP contribution is 2.48. The largest absolute Gasteiger partial charge is 0.494 e. The Morgan fingerprint density at radius 2 is 2.19 bits per heavy atom. The second kappa shape index (κ2) is 4.04. The van der Waals surface area contributed by atoms with Gasteiger partial charge in [0.1, 0.15) is 5.75 Å². The van der Waals surface area contributed by atoms with Crippen molar-refractivity contribution in [1.82, 2.24) is 0 Å². The van der Waals surface area contributed by atoms with Crippen LogP contribution < -0.4 is 10.5 Å². The number of hydrogen-bond acceptors (Lipinski definition) is 2. The number of fused-ring (bicyclic) bond motifs is 1. The summed E-state index contributed by atoms with van der Waals surface area (Å²) < 4.78 is 6.66. The standard InChI is InChI=1S/C13H18BrNO/c1-4-16-8-5-9-11(15)7-13(2,3)12(9)10(14)6-8/h5-6,11H,4,7,15H2,1-3H3. The highest BCUT2D eigenvalue weighted by Gasteiger charge is 2.37. The van der Waals surface area contributed by atoms with Crippen LogP contribution in [0, 0.1) is 0 Å². The summed E-state index contributed by atoms with van der Waals surface area (Å²) >= 11 is 3.64. The zero-order chi connectivity index (χ0) is 11.9. The maximum Gasteiger partial charge on any atom is 0.120 e. The van der Waals surface area contributed by atoms with Crippen molar-refractivity contribution in [3.63, 3.8) is 0 Å². The molecule has 16 heavy (non-hydrogen) atoms. The Labute approximate surface area is 105 Å². The Balaban J connectivity index is 2.53. The summed E-state index contributed by atoms with van der Waals surface area (Å²) in [7, 11) is 0. The van der Waals surface area contributed by atoms with Gasteiger partial charge in [-0.05, 0) is 42.0 Å². The van der Waals surface area contributed by atoms with Gasteiger partial charge < -0.3 is 10.5 Å². The summed E-state index contributed by atoms with van der Waals surface area (Å²) in [6, 6.07) is 4.26. The first kappa shape index (κ1) is 11.9. The minimum absolute atomic E-state index is 0.127. The lowest BCUT2D eigenvalue weighted by atomic mass is 9.86. The summed E-state index contributed by atoms with van der Waals surface area (Å²) in [5.74, 6) is 0.904. The fraction of sp³-hybridized carbons (Fsp3) is 0.538. The molecule has 1 unspecified atom stereocenters. The van der Waals surface area contributed by atoms with Gasteiger partial charge in [-0.3, -0.25) is 0 Å². The summed E-state index contributed by atoms with van der Waals surface area (Å²) in [4.78, 5) is 0. The van der Waals surface area contributed by atoms with Crippen LogP contribution in [0.4, 0.5) is 0 Å². The molecule has 2 nitrogen and oxygen atoms in total. The number of nitrogens with two attached hydrogens (primary N) is 1. The van der Waals surface area contributed by atoms with E-state index < -0.39 is 0 Å². The quantitative estimate of drug-likeness (QED) is 0.901. The van der Waals surface area contributed by atoms with Crippen molar-refractivity contribution in [2.45, 2.75) is 38.6 Å². The lowest BCUT2D eigenvalue weighted by Crippen LogP contribution is -2.14. The monoisotopic (exact) mass is 283 g/mol. The summed E-state index contributed by atoms with van der Waals surface area (Å²) in [6.07, 6.45) is 0.997. The normalized spacial score (nSPS) is 21.9. The maximum absolute atomic E-state index is 6.18. The Morgan fingerprint density at radius 1 is 1.50 bits per heavy atom. The molecule has 0 aliphatic heterocycles. The van der Waals surface area contributed by atoms with Crippen LogP contribution in [0.1, 0.15) is 44.4 Å². The topological polar surface area (TPSA) is 35.2 Å². The molecular weight excluding hydrogens is 266 g/mol. The van der Waals surface area contributed by atoms with Crippen molar-refractivity contribution < 1.29 is 4.74 Å². The molecule has 0 saturated heterocycles. The van der Waals surface area contributed by atoms with Gasteiger partial charge in [-0.15, -0.1) is 0 Å². The van der Waals surface area contributed by atoms with Gasteiger partial charge in [0.15, 0.2) is 0 Å². The summed E-state index contributed by atoms with van der Waals surface area (Å²) in [5, 5.41) is 0. The van der Waals surface area contributed by atoms with Gasteiger partial charge in [-0.25, -0.2) is 0 Å². The predicted molar refractivity (Wildman–Crippen MR) is 69.9 cm³/mol. The zero-order valence-corrected chi connectivity index (χ0v) is 11.6. The highest BCUT2D eigenvalue weighted by atomic mass is 79.9. The van der Waals surface area contributed by atoms with E-state index in [0.717, 1.165) is 16.6 Å². The molecule has 88 valence electrons. The van der Waals surface area contributed by atoms with Gasteiger partial charge in [0.05, 0.1) is 6.61 Å². The molecule has 0 amide bonds. The SMILES string of the molecule is CCOc1cc(Br)c2c(c1)C(N)CC2(C)C. The molecule has 0 aromatic heterocycles. The van der Waals surface area contributed by atoms with Gasteiger partial charge in [0.25, 0.3) is 0 Å². The molecule has 2 rings (SSSR count). The van der Waals surface area contributed by atoms with Crippen molar-refractivity contribution >= 4 is 15.9 Å². The van der Waals surface area contributed by atoms with Gasteiger partial charge >= 0.3 is 0 Å². The second-order valence-electron chi connectivity index (χ2n) is 5.00. The lowest BCUT2D eigenvalue weighted by molar-refractivity contribution is 0.339. The molecule has 0 fully saturated rings. The number of halogens is 1. The molecule has 1 aliphatic carbocycles. The van der Waals surface area contributed by atoms with Crippen molar-refractivity contribution in [3.05, 3.63) is 27.7 Å². The van der Waals surface area contributed by atoms with E-state index >= 15 is 0 Å². The Bertz CT molecular complexity index is 415. The van der Waals surface area contributed by atoms with Gasteiger partial charge in [0, 0.05) is 10.5 Å². The van der Waals surface area contributed by atoms with Crippen molar-refractivity contribution in [1.29, 1.82) is 0 Å². The average molecular weight is 284 g/mol. The Hall–Kier alpha value is -0.540. The summed E-state index contributed by atoms with van der Waals surface area (Å²) in [5.41, 5.74) is 8.89. The van der Waals surface area contributed by atoms with Crippen LogP contribution >= 0.6 is 15.9 Å². The Morgan fingerprint density at radius 3 is 2.81 bits per heavy atom. The third-order valence-electron chi connectivity index (χ3n) is 3.21. The molecule has 0 radical (unpaired) electrons. The predicted octanol–water partition coefficient (Wildman–Crippen LogP) is 3.53. The van der Waals surface area contributed by atoms with Crippen LogP contribution in [0.15, 0.2) is 16.6 Å². The third kappa shape index (κ3) is 1.87. The first-order chi connectivity index (χ1) is 7.45. The maximum atomic E-state index is 6.18. The molecule has 0 spiro atoms. The van der Waals surface area contributed by atoms with Crippen LogP contribution in [0.3, 0.4) is 0 Å². The van der Waals surface area contributed by atoms with Crippen LogP contribution in [-0.4, -0.2) is 6.61 Å². The molecule has 1 aromatic rings. The number of hydrogen-bond donors (Lipinski definition) is 1.